The second-order valence-electron chi connectivity index (χ2n) is 10.6. The second kappa shape index (κ2) is 8.44. The Morgan fingerprint density at radius 1 is 1.12 bits per heavy atom. The van der Waals surface area contributed by atoms with Gasteiger partial charge in [-0.15, -0.1) is 0 Å². The number of fused-ring (bicyclic) bond motifs is 3. The van der Waals surface area contributed by atoms with E-state index in [0.29, 0.717) is 12.1 Å². The number of aryl methyl sites for hydroxylation is 1. The van der Waals surface area contributed by atoms with Crippen LogP contribution in [-0.2, 0) is 19.4 Å². The van der Waals surface area contributed by atoms with Gasteiger partial charge in [-0.05, 0) is 87.5 Å². The summed E-state index contributed by atoms with van der Waals surface area (Å²) in [4.78, 5) is 12.6. The van der Waals surface area contributed by atoms with Crippen LogP contribution in [-0.4, -0.2) is 67.1 Å². The summed E-state index contributed by atoms with van der Waals surface area (Å²) in [6.07, 6.45) is 8.12. The molecule has 4 heterocycles. The third kappa shape index (κ3) is 3.64. The molecule has 0 radical (unpaired) electrons. The number of likely N-dealkylation sites (tertiary alicyclic amines) is 1. The van der Waals surface area contributed by atoms with Crippen LogP contribution in [0.5, 0.6) is 0 Å². The van der Waals surface area contributed by atoms with E-state index in [0.717, 1.165) is 31.5 Å². The summed E-state index contributed by atoms with van der Waals surface area (Å²) >= 11 is 0. The van der Waals surface area contributed by atoms with Crippen molar-refractivity contribution >= 4 is 5.69 Å². The number of benzene rings is 1. The van der Waals surface area contributed by atoms with Gasteiger partial charge in [0.15, 0.2) is 0 Å². The summed E-state index contributed by atoms with van der Waals surface area (Å²) in [5, 5.41) is 3.85. The molecule has 6 rings (SSSR count). The van der Waals surface area contributed by atoms with E-state index in [2.05, 4.69) is 64.4 Å². The number of aromatic nitrogens is 1. The summed E-state index contributed by atoms with van der Waals surface area (Å²) in [6.45, 7) is 5.76. The van der Waals surface area contributed by atoms with E-state index in [4.69, 9.17) is 4.98 Å². The Kier molecular flexibility index (Phi) is 5.44. The molecule has 4 aliphatic rings. The highest BCUT2D eigenvalue weighted by Crippen LogP contribution is 2.37. The van der Waals surface area contributed by atoms with Gasteiger partial charge in [-0.2, -0.15) is 0 Å². The molecule has 1 aliphatic carbocycles. The van der Waals surface area contributed by atoms with E-state index >= 15 is 0 Å². The molecule has 2 aromatic rings. The highest BCUT2D eigenvalue weighted by Gasteiger charge is 2.40. The third-order valence-electron chi connectivity index (χ3n) is 8.65. The molecule has 1 aromatic carbocycles. The molecule has 0 saturated carbocycles. The number of nitrogens with zero attached hydrogens (tertiary/aromatic N) is 4. The maximum atomic E-state index is 4.78. The molecular formula is C27H37N5. The first-order chi connectivity index (χ1) is 15.7. The van der Waals surface area contributed by atoms with Gasteiger partial charge in [0.25, 0.3) is 0 Å². The van der Waals surface area contributed by atoms with Crippen LogP contribution in [0, 0.1) is 5.92 Å². The van der Waals surface area contributed by atoms with Crippen molar-refractivity contribution in [2.24, 2.45) is 5.92 Å². The Morgan fingerprint density at radius 3 is 2.94 bits per heavy atom. The van der Waals surface area contributed by atoms with Gasteiger partial charge in [0.1, 0.15) is 0 Å². The molecule has 4 atom stereocenters. The zero-order chi connectivity index (χ0) is 21.7. The van der Waals surface area contributed by atoms with Crippen LogP contribution in [0.2, 0.25) is 0 Å². The highest BCUT2D eigenvalue weighted by molar-refractivity contribution is 5.59. The van der Waals surface area contributed by atoms with Crippen LogP contribution in [0.25, 0.3) is 0 Å². The fraction of sp³-hybridized carbons (Fsp3) is 0.593. The van der Waals surface area contributed by atoms with Gasteiger partial charge in [0.2, 0.25) is 0 Å². The minimum Gasteiger partial charge on any atom is -0.369 e. The Bertz CT molecular complexity index is 974. The van der Waals surface area contributed by atoms with Crippen LogP contribution in [0.3, 0.4) is 0 Å². The Balaban J connectivity index is 1.18. The molecule has 2 fully saturated rings. The minimum absolute atomic E-state index is 0.451. The maximum Gasteiger partial charge on any atom is 0.0607 e. The van der Waals surface area contributed by atoms with Gasteiger partial charge in [0.05, 0.1) is 11.7 Å². The van der Waals surface area contributed by atoms with Crippen molar-refractivity contribution in [3.63, 3.8) is 0 Å². The predicted molar refractivity (Wildman–Crippen MR) is 130 cm³/mol. The van der Waals surface area contributed by atoms with E-state index in [1.165, 1.54) is 67.8 Å². The monoisotopic (exact) mass is 431 g/mol. The van der Waals surface area contributed by atoms with E-state index in [9.17, 15) is 0 Å². The normalized spacial score (nSPS) is 29.8. The zero-order valence-electron chi connectivity index (χ0n) is 19.6. The largest absolute Gasteiger partial charge is 0.369 e. The molecule has 32 heavy (non-hydrogen) atoms. The molecule has 5 heteroatoms. The Morgan fingerprint density at radius 2 is 2.03 bits per heavy atom. The van der Waals surface area contributed by atoms with E-state index in [1.807, 2.05) is 6.20 Å². The lowest BCUT2D eigenvalue weighted by Crippen LogP contribution is -2.45. The van der Waals surface area contributed by atoms with Crippen molar-refractivity contribution in [3.05, 3.63) is 58.9 Å². The SMILES string of the molecule is CN(C[C@H]1Cc2c(cccc2N2C[C@@H]3CCN(C)[C@H]3C2)CN1)[C@H]1CCCc2cccnc21. The van der Waals surface area contributed by atoms with Crippen LogP contribution < -0.4 is 10.2 Å². The number of anilines is 1. The number of hydrogen-bond acceptors (Lipinski definition) is 5. The summed E-state index contributed by atoms with van der Waals surface area (Å²) in [6, 6.07) is 13.0. The van der Waals surface area contributed by atoms with Crippen molar-refractivity contribution in [1.82, 2.24) is 20.1 Å². The van der Waals surface area contributed by atoms with Gasteiger partial charge in [-0.25, -0.2) is 0 Å². The third-order valence-corrected chi connectivity index (χ3v) is 8.65. The Hall–Kier alpha value is -1.95. The van der Waals surface area contributed by atoms with E-state index < -0.39 is 0 Å². The lowest BCUT2D eigenvalue weighted by Gasteiger charge is -2.37. The number of nitrogens with one attached hydrogen (secondary N) is 1. The summed E-state index contributed by atoms with van der Waals surface area (Å²) in [7, 11) is 4.61. The van der Waals surface area contributed by atoms with Crippen molar-refractivity contribution < 1.29 is 0 Å². The van der Waals surface area contributed by atoms with Gasteiger partial charge in [-0.3, -0.25) is 9.88 Å². The molecule has 0 spiro atoms. The fourth-order valence-electron chi connectivity index (χ4n) is 6.88. The zero-order valence-corrected chi connectivity index (χ0v) is 19.6. The smallest absolute Gasteiger partial charge is 0.0607 e. The van der Waals surface area contributed by atoms with Crippen molar-refractivity contribution in [2.45, 2.75) is 56.8 Å². The number of pyridine rings is 1. The van der Waals surface area contributed by atoms with Gasteiger partial charge < -0.3 is 15.1 Å². The first-order valence-corrected chi connectivity index (χ1v) is 12.6. The average molecular weight is 432 g/mol. The summed E-state index contributed by atoms with van der Waals surface area (Å²) < 4.78 is 0. The number of rotatable bonds is 4. The molecular weight excluding hydrogens is 394 g/mol. The average Bonchev–Trinajstić information content (AvgIpc) is 3.40. The molecule has 0 amide bonds. The minimum atomic E-state index is 0.451. The van der Waals surface area contributed by atoms with Gasteiger partial charge in [-0.1, -0.05) is 18.2 Å². The van der Waals surface area contributed by atoms with Gasteiger partial charge >= 0.3 is 0 Å². The van der Waals surface area contributed by atoms with Crippen LogP contribution >= 0.6 is 0 Å². The van der Waals surface area contributed by atoms with Crippen molar-refractivity contribution in [3.8, 4) is 0 Å². The topological polar surface area (TPSA) is 34.6 Å². The van der Waals surface area contributed by atoms with Crippen molar-refractivity contribution in [2.75, 3.05) is 45.2 Å². The van der Waals surface area contributed by atoms with Crippen LogP contribution in [0.1, 0.15) is 47.7 Å². The standard InChI is InChI=1S/C27H37N5/c1-30-13-11-21-16-32(18-26(21)30)24-9-4-7-20-15-29-22(14-23(20)24)17-31(2)25-10-3-6-19-8-5-12-28-27(19)25/h4-5,7-9,12,21-22,25-26,29H,3,6,10-11,13-18H2,1-2H3/t21-,22+,25-,26-/m0/s1. The lowest BCUT2D eigenvalue weighted by atomic mass is 9.89. The van der Waals surface area contributed by atoms with E-state index in [-0.39, 0.29) is 0 Å². The molecule has 2 saturated heterocycles. The first kappa shape index (κ1) is 20.6. The molecule has 1 aromatic heterocycles. The highest BCUT2D eigenvalue weighted by atomic mass is 15.3. The van der Waals surface area contributed by atoms with Crippen LogP contribution in [0.4, 0.5) is 5.69 Å². The van der Waals surface area contributed by atoms with E-state index in [1.54, 1.807) is 5.56 Å². The quantitative estimate of drug-likeness (QED) is 0.804. The Labute approximate surface area is 192 Å². The van der Waals surface area contributed by atoms with Gasteiger partial charge in [0, 0.05) is 50.1 Å². The van der Waals surface area contributed by atoms with Crippen LogP contribution in [0.15, 0.2) is 36.5 Å². The molecule has 5 nitrogen and oxygen atoms in total. The number of hydrogen-bond donors (Lipinski definition) is 1. The molecule has 0 bridgehead atoms. The molecule has 1 N–H and O–H groups in total. The summed E-state index contributed by atoms with van der Waals surface area (Å²) in [5.74, 6) is 0.846. The fourth-order valence-corrected chi connectivity index (χ4v) is 6.88. The molecule has 0 unspecified atom stereocenters. The number of likely N-dealkylation sites (N-methyl/N-ethyl adjacent to an activating group) is 2. The molecule has 3 aliphatic heterocycles. The summed E-state index contributed by atoms with van der Waals surface area (Å²) in [5.41, 5.74) is 7.35. The maximum absolute atomic E-state index is 4.78. The lowest BCUT2D eigenvalue weighted by molar-refractivity contribution is 0.191. The van der Waals surface area contributed by atoms with Crippen molar-refractivity contribution in [1.29, 1.82) is 0 Å². The second-order valence-corrected chi connectivity index (χ2v) is 10.6. The predicted octanol–water partition coefficient (Wildman–Crippen LogP) is 3.25. The molecule has 170 valence electrons. The first-order valence-electron chi connectivity index (χ1n) is 12.6.